The maximum absolute atomic E-state index is 6.09. The zero-order valence-electron chi connectivity index (χ0n) is 9.41. The second-order valence-electron chi connectivity index (χ2n) is 4.58. The van der Waals surface area contributed by atoms with Crippen molar-refractivity contribution >= 4 is 0 Å². The molecular formula is C12H17NO2. The van der Waals surface area contributed by atoms with Crippen LogP contribution in [0.3, 0.4) is 0 Å². The first kappa shape index (κ1) is 10.3. The Labute approximate surface area is 90.2 Å². The van der Waals surface area contributed by atoms with E-state index in [1.54, 1.807) is 7.11 Å². The smallest absolute Gasteiger partial charge is 0.128 e. The Morgan fingerprint density at radius 1 is 1.47 bits per heavy atom. The van der Waals surface area contributed by atoms with Gasteiger partial charge in [0.2, 0.25) is 0 Å². The van der Waals surface area contributed by atoms with Crippen LogP contribution in [0.25, 0.3) is 0 Å². The van der Waals surface area contributed by atoms with Crippen molar-refractivity contribution in [1.29, 1.82) is 0 Å². The molecule has 0 aliphatic carbocycles. The van der Waals surface area contributed by atoms with E-state index in [0.717, 1.165) is 23.5 Å². The van der Waals surface area contributed by atoms with Gasteiger partial charge < -0.3 is 15.2 Å². The molecule has 0 saturated carbocycles. The summed E-state index contributed by atoms with van der Waals surface area (Å²) in [5, 5.41) is 0. The first-order valence-electron chi connectivity index (χ1n) is 5.14. The molecule has 0 saturated heterocycles. The van der Waals surface area contributed by atoms with Crippen molar-refractivity contribution in [2.45, 2.75) is 31.9 Å². The molecule has 1 aliphatic heterocycles. The molecule has 0 amide bonds. The third-order valence-electron chi connectivity index (χ3n) is 2.72. The van der Waals surface area contributed by atoms with Gasteiger partial charge in [0.05, 0.1) is 7.11 Å². The third-order valence-corrected chi connectivity index (χ3v) is 2.72. The lowest BCUT2D eigenvalue weighted by Gasteiger charge is -2.36. The minimum Gasteiger partial charge on any atom is -0.497 e. The Morgan fingerprint density at radius 2 is 2.20 bits per heavy atom. The Morgan fingerprint density at radius 3 is 2.87 bits per heavy atom. The third kappa shape index (κ3) is 1.92. The minimum absolute atomic E-state index is 0.0506. The van der Waals surface area contributed by atoms with Crippen molar-refractivity contribution in [3.63, 3.8) is 0 Å². The zero-order chi connectivity index (χ0) is 11.1. The molecule has 15 heavy (non-hydrogen) atoms. The van der Waals surface area contributed by atoms with Gasteiger partial charge >= 0.3 is 0 Å². The van der Waals surface area contributed by atoms with E-state index < -0.39 is 0 Å². The summed E-state index contributed by atoms with van der Waals surface area (Å²) in [4.78, 5) is 0. The first-order valence-corrected chi connectivity index (χ1v) is 5.14. The summed E-state index contributed by atoms with van der Waals surface area (Å²) in [7, 11) is 1.65. The van der Waals surface area contributed by atoms with Gasteiger partial charge in [-0.3, -0.25) is 0 Å². The van der Waals surface area contributed by atoms with Crippen LogP contribution in [0.5, 0.6) is 11.5 Å². The van der Waals surface area contributed by atoms with E-state index in [0.29, 0.717) is 0 Å². The Balaban J connectivity index is 2.42. The van der Waals surface area contributed by atoms with Gasteiger partial charge in [0.25, 0.3) is 0 Å². The predicted molar refractivity (Wildman–Crippen MR) is 59.2 cm³/mol. The zero-order valence-corrected chi connectivity index (χ0v) is 9.41. The molecule has 0 aromatic heterocycles. The van der Waals surface area contributed by atoms with Gasteiger partial charge in [-0.15, -0.1) is 0 Å². The highest BCUT2D eigenvalue weighted by molar-refractivity contribution is 5.44. The summed E-state index contributed by atoms with van der Waals surface area (Å²) in [6.45, 7) is 4.10. The molecule has 1 heterocycles. The van der Waals surface area contributed by atoms with E-state index in [1.807, 2.05) is 18.2 Å². The van der Waals surface area contributed by atoms with Gasteiger partial charge in [-0.25, -0.2) is 0 Å². The summed E-state index contributed by atoms with van der Waals surface area (Å²) in [6.07, 6.45) is 0.840. The number of hydrogen-bond acceptors (Lipinski definition) is 3. The van der Waals surface area contributed by atoms with Crippen LogP contribution in [0.1, 0.15) is 31.9 Å². The van der Waals surface area contributed by atoms with Gasteiger partial charge in [-0.1, -0.05) is 6.07 Å². The number of methoxy groups -OCH3 is 1. The maximum Gasteiger partial charge on any atom is 0.128 e. The highest BCUT2D eigenvalue weighted by atomic mass is 16.5. The van der Waals surface area contributed by atoms with Gasteiger partial charge in [0.1, 0.15) is 17.1 Å². The molecule has 1 aromatic carbocycles. The van der Waals surface area contributed by atoms with E-state index in [9.17, 15) is 0 Å². The van der Waals surface area contributed by atoms with Crippen LogP contribution in [-0.2, 0) is 0 Å². The second kappa shape index (κ2) is 3.42. The van der Waals surface area contributed by atoms with E-state index in [-0.39, 0.29) is 11.6 Å². The molecule has 1 aliphatic rings. The monoisotopic (exact) mass is 207 g/mol. The highest BCUT2D eigenvalue weighted by Crippen LogP contribution is 2.39. The SMILES string of the molecule is COc1ccc2c(c1)OC(C)(C)C[C@H]2N. The summed E-state index contributed by atoms with van der Waals surface area (Å²) in [5.41, 5.74) is 6.96. The lowest BCUT2D eigenvalue weighted by molar-refractivity contribution is 0.0725. The van der Waals surface area contributed by atoms with Gasteiger partial charge in [0, 0.05) is 24.1 Å². The predicted octanol–water partition coefficient (Wildman–Crippen LogP) is 2.26. The van der Waals surface area contributed by atoms with Crippen LogP contribution in [0.2, 0.25) is 0 Å². The molecule has 2 N–H and O–H groups in total. The van der Waals surface area contributed by atoms with Crippen LogP contribution in [0.4, 0.5) is 0 Å². The fourth-order valence-electron chi connectivity index (χ4n) is 2.02. The lowest BCUT2D eigenvalue weighted by Crippen LogP contribution is -2.37. The number of fused-ring (bicyclic) bond motifs is 1. The van der Waals surface area contributed by atoms with E-state index in [2.05, 4.69) is 13.8 Å². The Kier molecular flexibility index (Phi) is 2.35. The van der Waals surface area contributed by atoms with E-state index in [1.165, 1.54) is 0 Å². The van der Waals surface area contributed by atoms with Crippen LogP contribution >= 0.6 is 0 Å². The molecule has 3 nitrogen and oxygen atoms in total. The average molecular weight is 207 g/mol. The summed E-state index contributed by atoms with van der Waals surface area (Å²) < 4.78 is 11.0. The Hall–Kier alpha value is -1.22. The standard InChI is InChI=1S/C12H17NO2/c1-12(2)7-10(13)9-5-4-8(14-3)6-11(9)15-12/h4-6,10H,7,13H2,1-3H3/t10-/m1/s1. The molecule has 2 rings (SSSR count). The second-order valence-corrected chi connectivity index (χ2v) is 4.58. The molecule has 1 atom stereocenters. The fourth-order valence-corrected chi connectivity index (χ4v) is 2.02. The van der Waals surface area contributed by atoms with Gasteiger partial charge in [0.15, 0.2) is 0 Å². The number of benzene rings is 1. The molecule has 3 heteroatoms. The number of ether oxygens (including phenoxy) is 2. The Bertz CT molecular complexity index is 374. The van der Waals surface area contributed by atoms with Crippen molar-refractivity contribution in [2.24, 2.45) is 5.73 Å². The molecule has 0 fully saturated rings. The topological polar surface area (TPSA) is 44.5 Å². The molecule has 0 radical (unpaired) electrons. The maximum atomic E-state index is 6.09. The quantitative estimate of drug-likeness (QED) is 0.768. The average Bonchev–Trinajstić information content (AvgIpc) is 2.14. The van der Waals surface area contributed by atoms with Crippen LogP contribution in [0, 0.1) is 0 Å². The van der Waals surface area contributed by atoms with E-state index in [4.69, 9.17) is 15.2 Å². The van der Waals surface area contributed by atoms with Crippen molar-refractivity contribution < 1.29 is 9.47 Å². The number of rotatable bonds is 1. The van der Waals surface area contributed by atoms with Crippen molar-refractivity contribution in [3.8, 4) is 11.5 Å². The molecule has 1 aromatic rings. The van der Waals surface area contributed by atoms with Crippen molar-refractivity contribution in [1.82, 2.24) is 0 Å². The largest absolute Gasteiger partial charge is 0.497 e. The molecule has 82 valence electrons. The first-order chi connectivity index (χ1) is 7.02. The number of hydrogen-bond donors (Lipinski definition) is 1. The van der Waals surface area contributed by atoms with Crippen LogP contribution < -0.4 is 15.2 Å². The van der Waals surface area contributed by atoms with Crippen molar-refractivity contribution in [3.05, 3.63) is 23.8 Å². The summed E-state index contributed by atoms with van der Waals surface area (Å²) in [6, 6.07) is 5.85. The van der Waals surface area contributed by atoms with E-state index >= 15 is 0 Å². The fraction of sp³-hybridized carbons (Fsp3) is 0.500. The minimum atomic E-state index is -0.196. The van der Waals surface area contributed by atoms with Crippen LogP contribution in [0.15, 0.2) is 18.2 Å². The normalized spacial score (nSPS) is 22.8. The van der Waals surface area contributed by atoms with Gasteiger partial charge in [-0.05, 0) is 19.9 Å². The highest BCUT2D eigenvalue weighted by Gasteiger charge is 2.31. The van der Waals surface area contributed by atoms with Crippen LogP contribution in [-0.4, -0.2) is 12.7 Å². The number of nitrogens with two attached hydrogens (primary N) is 1. The summed E-state index contributed by atoms with van der Waals surface area (Å²) in [5.74, 6) is 1.65. The molecular weight excluding hydrogens is 190 g/mol. The van der Waals surface area contributed by atoms with Crippen molar-refractivity contribution in [2.75, 3.05) is 7.11 Å². The van der Waals surface area contributed by atoms with Gasteiger partial charge in [-0.2, -0.15) is 0 Å². The molecule has 0 bridgehead atoms. The lowest BCUT2D eigenvalue weighted by atomic mass is 9.90. The summed E-state index contributed by atoms with van der Waals surface area (Å²) >= 11 is 0. The molecule has 0 spiro atoms. The molecule has 0 unspecified atom stereocenters.